The van der Waals surface area contributed by atoms with Crippen LogP contribution in [0, 0.1) is 5.41 Å². The molecule has 92 valence electrons. The minimum Gasteiger partial charge on any atom is -0.327 e. The van der Waals surface area contributed by atoms with E-state index in [0.717, 1.165) is 25.7 Å². The van der Waals surface area contributed by atoms with Crippen LogP contribution in [-0.2, 0) is 9.84 Å². The number of hydrogen-bond donors (Lipinski definition) is 1. The Kier molecular flexibility index (Phi) is 5.81. The van der Waals surface area contributed by atoms with Gasteiger partial charge in [0.25, 0.3) is 0 Å². The number of unbranched alkanes of at least 4 members (excludes halogenated alkanes) is 2. The largest absolute Gasteiger partial charge is 0.327 e. The van der Waals surface area contributed by atoms with Gasteiger partial charge in [-0.15, -0.1) is 0 Å². The Morgan fingerprint density at radius 3 is 2.07 bits per heavy atom. The molecule has 0 bridgehead atoms. The van der Waals surface area contributed by atoms with E-state index < -0.39 is 9.84 Å². The smallest absolute Gasteiger partial charge is 0.147 e. The van der Waals surface area contributed by atoms with Crippen molar-refractivity contribution < 1.29 is 8.42 Å². The van der Waals surface area contributed by atoms with Gasteiger partial charge in [0.05, 0.1) is 0 Å². The molecular weight excluding hydrogens is 210 g/mol. The molecule has 3 nitrogen and oxygen atoms in total. The second kappa shape index (κ2) is 5.85. The van der Waals surface area contributed by atoms with Gasteiger partial charge in [0.15, 0.2) is 0 Å². The van der Waals surface area contributed by atoms with Crippen molar-refractivity contribution in [2.45, 2.75) is 52.5 Å². The van der Waals surface area contributed by atoms with Gasteiger partial charge < -0.3 is 5.73 Å². The fourth-order valence-electron chi connectivity index (χ4n) is 1.34. The van der Waals surface area contributed by atoms with Crippen LogP contribution >= 0.6 is 0 Å². The quantitative estimate of drug-likeness (QED) is 0.716. The first-order chi connectivity index (χ1) is 6.63. The molecule has 0 fully saturated rings. The molecule has 0 aromatic rings. The van der Waals surface area contributed by atoms with Gasteiger partial charge in [0.2, 0.25) is 0 Å². The maximum atomic E-state index is 10.9. The van der Waals surface area contributed by atoms with Gasteiger partial charge in [-0.2, -0.15) is 0 Å². The summed E-state index contributed by atoms with van der Waals surface area (Å²) in [5, 5.41) is 0. The lowest BCUT2D eigenvalue weighted by atomic mass is 9.84. The summed E-state index contributed by atoms with van der Waals surface area (Å²) in [6.45, 7) is 6.40. The number of nitrogens with two attached hydrogens (primary N) is 1. The average molecular weight is 235 g/mol. The number of rotatable bonds is 6. The van der Waals surface area contributed by atoms with E-state index in [-0.39, 0.29) is 11.5 Å². The Hall–Kier alpha value is -0.0900. The third kappa shape index (κ3) is 8.88. The molecular formula is C11H25NO2S. The zero-order valence-corrected chi connectivity index (χ0v) is 11.2. The van der Waals surface area contributed by atoms with E-state index in [4.69, 9.17) is 5.73 Å². The predicted molar refractivity (Wildman–Crippen MR) is 65.6 cm³/mol. The summed E-state index contributed by atoms with van der Waals surface area (Å²) in [6, 6.07) is 0.204. The van der Waals surface area contributed by atoms with Crippen molar-refractivity contribution in [3.63, 3.8) is 0 Å². The molecule has 2 N–H and O–H groups in total. The molecule has 0 saturated carbocycles. The SMILES string of the molecule is CC(C)(C)C(N)CCCCCS(C)(=O)=O. The predicted octanol–water partition coefficient (Wildman–Crippen LogP) is 1.96. The van der Waals surface area contributed by atoms with Crippen LogP contribution in [-0.4, -0.2) is 26.5 Å². The van der Waals surface area contributed by atoms with Gasteiger partial charge in [0.1, 0.15) is 9.84 Å². The molecule has 0 amide bonds. The van der Waals surface area contributed by atoms with Crippen molar-refractivity contribution in [2.75, 3.05) is 12.0 Å². The molecule has 0 aliphatic heterocycles. The topological polar surface area (TPSA) is 60.2 Å². The highest BCUT2D eigenvalue weighted by molar-refractivity contribution is 7.90. The molecule has 0 rings (SSSR count). The molecule has 1 unspecified atom stereocenters. The van der Waals surface area contributed by atoms with Crippen molar-refractivity contribution in [3.05, 3.63) is 0 Å². The van der Waals surface area contributed by atoms with Crippen LogP contribution in [0.15, 0.2) is 0 Å². The highest BCUT2D eigenvalue weighted by atomic mass is 32.2. The first-order valence-corrected chi connectivity index (χ1v) is 7.62. The third-order valence-corrected chi connectivity index (χ3v) is 3.67. The van der Waals surface area contributed by atoms with Gasteiger partial charge in [0, 0.05) is 18.1 Å². The molecule has 0 radical (unpaired) electrons. The van der Waals surface area contributed by atoms with E-state index in [1.54, 1.807) is 0 Å². The van der Waals surface area contributed by atoms with Gasteiger partial charge in [-0.3, -0.25) is 0 Å². The summed E-state index contributed by atoms with van der Waals surface area (Å²) >= 11 is 0. The molecule has 0 spiro atoms. The van der Waals surface area contributed by atoms with Crippen LogP contribution in [0.25, 0.3) is 0 Å². The normalized spacial score (nSPS) is 15.3. The summed E-state index contributed by atoms with van der Waals surface area (Å²) < 4.78 is 21.7. The number of hydrogen-bond acceptors (Lipinski definition) is 3. The zero-order valence-electron chi connectivity index (χ0n) is 10.4. The molecule has 0 aliphatic carbocycles. The van der Waals surface area contributed by atoms with Crippen LogP contribution in [0.2, 0.25) is 0 Å². The van der Waals surface area contributed by atoms with Crippen molar-refractivity contribution in [2.24, 2.45) is 11.1 Å². The van der Waals surface area contributed by atoms with E-state index >= 15 is 0 Å². The standard InChI is InChI=1S/C11H25NO2S/c1-11(2,3)10(12)8-6-5-7-9-15(4,13)14/h10H,5-9,12H2,1-4H3. The van der Waals surface area contributed by atoms with E-state index in [9.17, 15) is 8.42 Å². The molecule has 1 atom stereocenters. The second-order valence-electron chi connectivity index (χ2n) is 5.45. The molecule has 0 aliphatic rings. The van der Waals surface area contributed by atoms with Gasteiger partial charge in [-0.1, -0.05) is 33.6 Å². The monoisotopic (exact) mass is 235 g/mol. The summed E-state index contributed by atoms with van der Waals surface area (Å²) in [7, 11) is -2.78. The summed E-state index contributed by atoms with van der Waals surface area (Å²) in [6.07, 6.45) is 5.00. The highest BCUT2D eigenvalue weighted by Gasteiger charge is 2.19. The highest BCUT2D eigenvalue weighted by Crippen LogP contribution is 2.21. The Morgan fingerprint density at radius 1 is 1.13 bits per heavy atom. The van der Waals surface area contributed by atoms with Crippen LogP contribution in [0.1, 0.15) is 46.5 Å². The van der Waals surface area contributed by atoms with Crippen LogP contribution < -0.4 is 5.73 Å². The lowest BCUT2D eigenvalue weighted by Crippen LogP contribution is -2.34. The lowest BCUT2D eigenvalue weighted by Gasteiger charge is -2.26. The van der Waals surface area contributed by atoms with Gasteiger partial charge in [-0.25, -0.2) is 8.42 Å². The third-order valence-electron chi connectivity index (χ3n) is 2.64. The Balaban J connectivity index is 3.56. The molecule has 0 aromatic heterocycles. The second-order valence-corrected chi connectivity index (χ2v) is 7.71. The fourth-order valence-corrected chi connectivity index (χ4v) is 2.07. The van der Waals surface area contributed by atoms with Crippen molar-refractivity contribution >= 4 is 9.84 Å². The fraction of sp³-hybridized carbons (Fsp3) is 1.00. The van der Waals surface area contributed by atoms with E-state index in [1.807, 2.05) is 0 Å². The van der Waals surface area contributed by atoms with Gasteiger partial charge >= 0.3 is 0 Å². The molecule has 0 aromatic carbocycles. The summed E-state index contributed by atoms with van der Waals surface area (Å²) in [5.74, 6) is 0.303. The zero-order chi connectivity index (χ0) is 12.1. The number of sulfone groups is 1. The molecule has 0 heterocycles. The van der Waals surface area contributed by atoms with Crippen LogP contribution in [0.3, 0.4) is 0 Å². The van der Waals surface area contributed by atoms with Gasteiger partial charge in [-0.05, 0) is 18.3 Å². The van der Waals surface area contributed by atoms with E-state index in [0.29, 0.717) is 5.75 Å². The first-order valence-electron chi connectivity index (χ1n) is 5.56. The molecule has 15 heavy (non-hydrogen) atoms. The summed E-state index contributed by atoms with van der Waals surface area (Å²) in [5.41, 5.74) is 6.15. The van der Waals surface area contributed by atoms with Crippen molar-refractivity contribution in [3.8, 4) is 0 Å². The maximum absolute atomic E-state index is 10.9. The van der Waals surface area contributed by atoms with Crippen LogP contribution in [0.5, 0.6) is 0 Å². The average Bonchev–Trinajstić information content (AvgIpc) is 1.99. The minimum atomic E-state index is -2.78. The van der Waals surface area contributed by atoms with Crippen LogP contribution in [0.4, 0.5) is 0 Å². The first kappa shape index (κ1) is 14.9. The molecule has 0 saturated heterocycles. The lowest BCUT2D eigenvalue weighted by molar-refractivity contribution is 0.299. The molecule has 4 heteroatoms. The maximum Gasteiger partial charge on any atom is 0.147 e. The van der Waals surface area contributed by atoms with E-state index in [2.05, 4.69) is 20.8 Å². The van der Waals surface area contributed by atoms with E-state index in [1.165, 1.54) is 6.26 Å². The van der Waals surface area contributed by atoms with Crippen molar-refractivity contribution in [1.29, 1.82) is 0 Å². The Morgan fingerprint density at radius 2 is 1.67 bits per heavy atom. The minimum absolute atomic E-state index is 0.150. The Labute approximate surface area is 94.4 Å². The Bertz CT molecular complexity index is 265. The van der Waals surface area contributed by atoms with Crippen molar-refractivity contribution in [1.82, 2.24) is 0 Å². The summed E-state index contributed by atoms with van der Waals surface area (Å²) in [4.78, 5) is 0.